The summed E-state index contributed by atoms with van der Waals surface area (Å²) in [6.07, 6.45) is 0. The van der Waals surface area contributed by atoms with Crippen LogP contribution in [0.25, 0.3) is 0 Å². The van der Waals surface area contributed by atoms with Gasteiger partial charge in [-0.3, -0.25) is 0 Å². The van der Waals surface area contributed by atoms with Crippen LogP contribution in [0.1, 0.15) is 15.9 Å². The fourth-order valence-corrected chi connectivity index (χ4v) is 2.20. The number of hydrogen-bond acceptors (Lipinski definition) is 2. The van der Waals surface area contributed by atoms with Crippen molar-refractivity contribution in [3.8, 4) is 0 Å². The van der Waals surface area contributed by atoms with Crippen molar-refractivity contribution >= 4 is 28.9 Å². The third kappa shape index (κ3) is 2.71. The van der Waals surface area contributed by atoms with Gasteiger partial charge in [0.15, 0.2) is 0 Å². The molecule has 0 saturated heterocycles. The van der Waals surface area contributed by atoms with Crippen molar-refractivity contribution in [2.24, 2.45) is 0 Å². The van der Waals surface area contributed by atoms with Gasteiger partial charge in [-0.1, -0.05) is 29.8 Å². The predicted octanol–water partition coefficient (Wildman–Crippen LogP) is 4.11. The maximum atomic E-state index is 11.3. The van der Waals surface area contributed by atoms with E-state index in [2.05, 4.69) is 0 Å². The number of halogens is 1. The van der Waals surface area contributed by atoms with Gasteiger partial charge in [-0.05, 0) is 36.8 Å². The summed E-state index contributed by atoms with van der Waals surface area (Å²) >= 11 is 5.97. The SMILES string of the molecule is Cc1ccccc1N(C)c1cc(Cl)ccc1C(=O)O. The molecule has 0 aliphatic rings. The van der Waals surface area contributed by atoms with Gasteiger partial charge >= 0.3 is 5.97 Å². The maximum absolute atomic E-state index is 11.3. The topological polar surface area (TPSA) is 40.5 Å². The third-order valence-electron chi connectivity index (χ3n) is 3.03. The van der Waals surface area contributed by atoms with Gasteiger partial charge < -0.3 is 10.0 Å². The summed E-state index contributed by atoms with van der Waals surface area (Å²) < 4.78 is 0. The van der Waals surface area contributed by atoms with E-state index < -0.39 is 5.97 Å². The molecule has 2 aromatic carbocycles. The first kappa shape index (κ1) is 13.4. The van der Waals surface area contributed by atoms with Gasteiger partial charge in [-0.25, -0.2) is 4.79 Å². The lowest BCUT2D eigenvalue weighted by Crippen LogP contribution is -2.15. The van der Waals surface area contributed by atoms with Crippen LogP contribution in [0.5, 0.6) is 0 Å². The van der Waals surface area contributed by atoms with Crippen molar-refractivity contribution in [3.63, 3.8) is 0 Å². The summed E-state index contributed by atoms with van der Waals surface area (Å²) in [5.41, 5.74) is 2.83. The first-order valence-electron chi connectivity index (χ1n) is 5.83. The molecule has 0 fully saturated rings. The number of rotatable bonds is 3. The smallest absolute Gasteiger partial charge is 0.337 e. The molecule has 0 saturated carbocycles. The molecule has 0 atom stereocenters. The van der Waals surface area contributed by atoms with Gasteiger partial charge in [-0.15, -0.1) is 0 Å². The Morgan fingerprint density at radius 2 is 1.84 bits per heavy atom. The molecule has 1 N–H and O–H groups in total. The molecule has 0 unspecified atom stereocenters. The summed E-state index contributed by atoms with van der Waals surface area (Å²) in [4.78, 5) is 13.1. The molecule has 0 aliphatic heterocycles. The number of benzene rings is 2. The lowest BCUT2D eigenvalue weighted by molar-refractivity contribution is 0.0697. The van der Waals surface area contributed by atoms with Crippen LogP contribution in [-0.2, 0) is 0 Å². The molecule has 2 rings (SSSR count). The molecular formula is C15H14ClNO2. The summed E-state index contributed by atoms with van der Waals surface area (Å²) in [6, 6.07) is 12.6. The van der Waals surface area contributed by atoms with Crippen LogP contribution in [0.3, 0.4) is 0 Å². The highest BCUT2D eigenvalue weighted by molar-refractivity contribution is 6.31. The van der Waals surface area contributed by atoms with E-state index in [-0.39, 0.29) is 5.56 Å². The fourth-order valence-electron chi connectivity index (χ4n) is 2.03. The number of aryl methyl sites for hydroxylation is 1. The van der Waals surface area contributed by atoms with Crippen LogP contribution < -0.4 is 4.90 Å². The second-order valence-electron chi connectivity index (χ2n) is 4.31. The van der Waals surface area contributed by atoms with E-state index in [0.717, 1.165) is 11.3 Å². The number of hydrogen-bond donors (Lipinski definition) is 1. The number of para-hydroxylation sites is 1. The summed E-state index contributed by atoms with van der Waals surface area (Å²) in [5, 5.41) is 9.77. The van der Waals surface area contributed by atoms with Crippen molar-refractivity contribution in [2.45, 2.75) is 6.92 Å². The molecule has 4 heteroatoms. The van der Waals surface area contributed by atoms with E-state index in [0.29, 0.717) is 10.7 Å². The van der Waals surface area contributed by atoms with Crippen LogP contribution in [0.4, 0.5) is 11.4 Å². The molecule has 98 valence electrons. The first-order chi connectivity index (χ1) is 9.00. The Bertz CT molecular complexity index is 625. The van der Waals surface area contributed by atoms with Crippen molar-refractivity contribution in [1.82, 2.24) is 0 Å². The number of anilines is 2. The monoisotopic (exact) mass is 275 g/mol. The highest BCUT2D eigenvalue weighted by atomic mass is 35.5. The standard InChI is InChI=1S/C15H14ClNO2/c1-10-5-3-4-6-13(10)17(2)14-9-11(16)7-8-12(14)15(18)19/h3-9H,1-2H3,(H,18,19). The number of carbonyl (C=O) groups is 1. The van der Waals surface area contributed by atoms with Crippen LogP contribution >= 0.6 is 11.6 Å². The lowest BCUT2D eigenvalue weighted by atomic mass is 10.1. The van der Waals surface area contributed by atoms with Gasteiger partial charge in [0.2, 0.25) is 0 Å². The van der Waals surface area contributed by atoms with Crippen molar-refractivity contribution in [3.05, 3.63) is 58.6 Å². The van der Waals surface area contributed by atoms with Crippen LogP contribution in [0, 0.1) is 6.92 Å². The fraction of sp³-hybridized carbons (Fsp3) is 0.133. The van der Waals surface area contributed by atoms with Crippen LogP contribution in [0.15, 0.2) is 42.5 Å². The van der Waals surface area contributed by atoms with Crippen molar-refractivity contribution < 1.29 is 9.90 Å². The quantitative estimate of drug-likeness (QED) is 0.916. The van der Waals surface area contributed by atoms with Crippen molar-refractivity contribution in [2.75, 3.05) is 11.9 Å². The highest BCUT2D eigenvalue weighted by Gasteiger charge is 2.16. The zero-order chi connectivity index (χ0) is 14.0. The van der Waals surface area contributed by atoms with Gasteiger partial charge in [0.05, 0.1) is 11.3 Å². The van der Waals surface area contributed by atoms with Gasteiger partial charge in [0, 0.05) is 17.8 Å². The zero-order valence-corrected chi connectivity index (χ0v) is 11.5. The molecule has 2 aromatic rings. The molecule has 0 amide bonds. The third-order valence-corrected chi connectivity index (χ3v) is 3.26. The Balaban J connectivity index is 2.55. The van der Waals surface area contributed by atoms with Crippen LogP contribution in [0.2, 0.25) is 5.02 Å². The van der Waals surface area contributed by atoms with Gasteiger partial charge in [-0.2, -0.15) is 0 Å². The van der Waals surface area contributed by atoms with E-state index in [1.807, 2.05) is 43.1 Å². The number of carboxylic acid groups (broad SMARTS) is 1. The minimum absolute atomic E-state index is 0.232. The van der Waals surface area contributed by atoms with E-state index in [1.165, 1.54) is 6.07 Å². The predicted molar refractivity (Wildman–Crippen MR) is 77.7 cm³/mol. The highest BCUT2D eigenvalue weighted by Crippen LogP contribution is 2.31. The van der Waals surface area contributed by atoms with E-state index in [9.17, 15) is 9.90 Å². The lowest BCUT2D eigenvalue weighted by Gasteiger charge is -2.23. The summed E-state index contributed by atoms with van der Waals surface area (Å²) in [5.74, 6) is -0.966. The number of carboxylic acids is 1. The largest absolute Gasteiger partial charge is 0.478 e. The van der Waals surface area contributed by atoms with E-state index >= 15 is 0 Å². The Morgan fingerprint density at radius 1 is 1.16 bits per heavy atom. The first-order valence-corrected chi connectivity index (χ1v) is 6.20. The summed E-state index contributed by atoms with van der Waals surface area (Å²) in [6.45, 7) is 1.98. The average Bonchev–Trinajstić information content (AvgIpc) is 2.38. The van der Waals surface area contributed by atoms with Crippen molar-refractivity contribution in [1.29, 1.82) is 0 Å². The minimum atomic E-state index is -0.966. The van der Waals surface area contributed by atoms with E-state index in [1.54, 1.807) is 12.1 Å². The molecule has 19 heavy (non-hydrogen) atoms. The minimum Gasteiger partial charge on any atom is -0.478 e. The number of nitrogens with zero attached hydrogens (tertiary/aromatic N) is 1. The Kier molecular flexibility index (Phi) is 3.76. The Hall–Kier alpha value is -2.00. The van der Waals surface area contributed by atoms with Crippen LogP contribution in [-0.4, -0.2) is 18.1 Å². The molecule has 3 nitrogen and oxygen atoms in total. The molecule has 0 aromatic heterocycles. The molecular weight excluding hydrogens is 262 g/mol. The normalized spacial score (nSPS) is 10.3. The molecule has 0 spiro atoms. The molecule has 0 bridgehead atoms. The number of aromatic carboxylic acids is 1. The zero-order valence-electron chi connectivity index (χ0n) is 10.7. The van der Waals surface area contributed by atoms with E-state index in [4.69, 9.17) is 11.6 Å². The second kappa shape index (κ2) is 5.33. The molecule has 0 radical (unpaired) electrons. The second-order valence-corrected chi connectivity index (χ2v) is 4.75. The average molecular weight is 276 g/mol. The Morgan fingerprint density at radius 3 is 2.47 bits per heavy atom. The molecule has 0 aliphatic carbocycles. The van der Waals surface area contributed by atoms with Gasteiger partial charge in [0.1, 0.15) is 0 Å². The molecule has 0 heterocycles. The van der Waals surface area contributed by atoms with Gasteiger partial charge in [0.25, 0.3) is 0 Å². The summed E-state index contributed by atoms with van der Waals surface area (Å²) in [7, 11) is 1.83. The maximum Gasteiger partial charge on any atom is 0.337 e. The Labute approximate surface area is 117 Å².